The number of piperidine rings is 1. The van der Waals surface area contributed by atoms with Gasteiger partial charge in [-0.25, -0.2) is 12.7 Å². The molecule has 0 spiro atoms. The van der Waals surface area contributed by atoms with Gasteiger partial charge in [0, 0.05) is 20.1 Å². The Hall–Kier alpha value is -0.820. The fourth-order valence-electron chi connectivity index (χ4n) is 2.54. The Morgan fingerprint density at radius 1 is 1.36 bits per heavy atom. The lowest BCUT2D eigenvalue weighted by molar-refractivity contribution is -0.125. The van der Waals surface area contributed by atoms with E-state index in [1.807, 2.05) is 0 Å². The van der Waals surface area contributed by atoms with Gasteiger partial charge in [-0.15, -0.1) is 0 Å². The number of hydrogen-bond donors (Lipinski definition) is 1. The van der Waals surface area contributed by atoms with Crippen LogP contribution in [0, 0.1) is 5.92 Å². The van der Waals surface area contributed by atoms with E-state index in [4.69, 9.17) is 23.2 Å². The molecule has 0 bridgehead atoms. The molecule has 1 amide bonds. The van der Waals surface area contributed by atoms with Crippen LogP contribution in [0.3, 0.4) is 0 Å². The van der Waals surface area contributed by atoms with E-state index in [2.05, 4.69) is 5.32 Å². The first-order chi connectivity index (χ1) is 10.3. The molecule has 2 rings (SSSR count). The van der Waals surface area contributed by atoms with Crippen LogP contribution in [0.4, 0.5) is 0 Å². The Bertz CT molecular complexity index is 664. The third-order valence-electron chi connectivity index (χ3n) is 3.73. The van der Waals surface area contributed by atoms with Crippen molar-refractivity contribution in [2.75, 3.05) is 20.1 Å². The van der Waals surface area contributed by atoms with Gasteiger partial charge in [-0.2, -0.15) is 0 Å². The monoisotopic (exact) mass is 364 g/mol. The van der Waals surface area contributed by atoms with Crippen LogP contribution in [0.15, 0.2) is 18.2 Å². The minimum absolute atomic E-state index is 0.116. The zero-order valence-corrected chi connectivity index (χ0v) is 14.5. The molecule has 5 nitrogen and oxygen atoms in total. The van der Waals surface area contributed by atoms with Gasteiger partial charge < -0.3 is 5.32 Å². The Morgan fingerprint density at radius 2 is 2.09 bits per heavy atom. The summed E-state index contributed by atoms with van der Waals surface area (Å²) in [6, 6.07) is 4.78. The van der Waals surface area contributed by atoms with Crippen molar-refractivity contribution in [2.24, 2.45) is 5.92 Å². The van der Waals surface area contributed by atoms with E-state index in [0.29, 0.717) is 35.0 Å². The van der Waals surface area contributed by atoms with Gasteiger partial charge in [0.05, 0.1) is 21.7 Å². The summed E-state index contributed by atoms with van der Waals surface area (Å²) in [5, 5.41) is 3.30. The van der Waals surface area contributed by atoms with Gasteiger partial charge in [0.1, 0.15) is 0 Å². The molecule has 0 aromatic heterocycles. The second-order valence-corrected chi connectivity index (χ2v) is 8.10. The minimum atomic E-state index is -3.49. The van der Waals surface area contributed by atoms with Crippen molar-refractivity contribution in [3.63, 3.8) is 0 Å². The molecule has 1 heterocycles. The predicted molar refractivity (Wildman–Crippen MR) is 87.4 cm³/mol. The number of carbonyl (C=O) groups is 1. The van der Waals surface area contributed by atoms with Crippen molar-refractivity contribution in [1.82, 2.24) is 9.62 Å². The van der Waals surface area contributed by atoms with Gasteiger partial charge in [-0.1, -0.05) is 29.3 Å². The molecule has 8 heteroatoms. The van der Waals surface area contributed by atoms with Crippen LogP contribution < -0.4 is 5.32 Å². The molecule has 22 heavy (non-hydrogen) atoms. The SMILES string of the molecule is CNC(=O)[C@@H]1CCCN(S(=O)(=O)Cc2ccc(Cl)c(Cl)c2)C1. The van der Waals surface area contributed by atoms with Crippen molar-refractivity contribution in [3.05, 3.63) is 33.8 Å². The summed E-state index contributed by atoms with van der Waals surface area (Å²) in [6.07, 6.45) is 1.39. The highest BCUT2D eigenvalue weighted by molar-refractivity contribution is 7.88. The molecule has 122 valence electrons. The van der Waals surface area contributed by atoms with Crippen molar-refractivity contribution in [1.29, 1.82) is 0 Å². The van der Waals surface area contributed by atoms with Gasteiger partial charge in [0.2, 0.25) is 15.9 Å². The van der Waals surface area contributed by atoms with Crippen molar-refractivity contribution in [3.8, 4) is 0 Å². The van der Waals surface area contributed by atoms with Gasteiger partial charge in [0.25, 0.3) is 0 Å². The van der Waals surface area contributed by atoms with E-state index in [1.165, 1.54) is 4.31 Å². The van der Waals surface area contributed by atoms with Crippen LogP contribution >= 0.6 is 23.2 Å². The standard InChI is InChI=1S/C14H18Cl2N2O3S/c1-17-14(19)11-3-2-6-18(8-11)22(20,21)9-10-4-5-12(15)13(16)7-10/h4-5,7,11H,2-3,6,8-9H2,1H3,(H,17,19)/t11-/m1/s1. The normalized spacial score (nSPS) is 19.9. The van der Waals surface area contributed by atoms with E-state index in [1.54, 1.807) is 25.2 Å². The summed E-state index contributed by atoms with van der Waals surface area (Å²) < 4.78 is 26.4. The summed E-state index contributed by atoms with van der Waals surface area (Å²) in [7, 11) is -1.93. The second kappa shape index (κ2) is 7.17. The van der Waals surface area contributed by atoms with E-state index >= 15 is 0 Å². The molecule has 0 aliphatic carbocycles. The quantitative estimate of drug-likeness (QED) is 0.890. The lowest BCUT2D eigenvalue weighted by atomic mass is 9.99. The average Bonchev–Trinajstić information content (AvgIpc) is 2.50. The average molecular weight is 365 g/mol. The number of nitrogens with one attached hydrogen (secondary N) is 1. The number of carbonyl (C=O) groups excluding carboxylic acids is 1. The summed E-state index contributed by atoms with van der Waals surface area (Å²) in [4.78, 5) is 11.7. The zero-order valence-electron chi connectivity index (χ0n) is 12.2. The number of nitrogens with zero attached hydrogens (tertiary/aromatic N) is 1. The summed E-state index contributed by atoms with van der Waals surface area (Å²) in [6.45, 7) is 0.667. The molecule has 1 aromatic rings. The van der Waals surface area contributed by atoms with Crippen LogP contribution in [0.1, 0.15) is 18.4 Å². The van der Waals surface area contributed by atoms with E-state index < -0.39 is 10.0 Å². The van der Waals surface area contributed by atoms with Crippen LogP contribution in [-0.2, 0) is 20.6 Å². The molecule has 0 unspecified atom stereocenters. The van der Waals surface area contributed by atoms with E-state index in [0.717, 1.165) is 0 Å². The van der Waals surface area contributed by atoms with Crippen LogP contribution in [0.25, 0.3) is 0 Å². The van der Waals surface area contributed by atoms with Gasteiger partial charge in [-0.05, 0) is 30.5 Å². The minimum Gasteiger partial charge on any atom is -0.359 e. The number of amides is 1. The number of sulfonamides is 1. The molecule has 1 aromatic carbocycles. The Labute approximate surface area is 140 Å². The van der Waals surface area contributed by atoms with Crippen molar-refractivity contribution < 1.29 is 13.2 Å². The van der Waals surface area contributed by atoms with Crippen LogP contribution in [-0.4, -0.2) is 38.8 Å². The molecule has 1 saturated heterocycles. The largest absolute Gasteiger partial charge is 0.359 e. The van der Waals surface area contributed by atoms with Crippen LogP contribution in [0.2, 0.25) is 10.0 Å². The molecule has 1 aliphatic rings. The van der Waals surface area contributed by atoms with E-state index in [9.17, 15) is 13.2 Å². The molecule has 0 radical (unpaired) electrons. The predicted octanol–water partition coefficient (Wildman–Crippen LogP) is 2.28. The number of rotatable bonds is 4. The molecule has 1 N–H and O–H groups in total. The number of benzene rings is 1. The highest BCUT2D eigenvalue weighted by Crippen LogP contribution is 2.25. The van der Waals surface area contributed by atoms with E-state index in [-0.39, 0.29) is 24.1 Å². The first-order valence-electron chi connectivity index (χ1n) is 6.97. The number of hydrogen-bond acceptors (Lipinski definition) is 3. The van der Waals surface area contributed by atoms with Gasteiger partial charge in [0.15, 0.2) is 0 Å². The maximum atomic E-state index is 12.5. The van der Waals surface area contributed by atoms with Crippen molar-refractivity contribution >= 4 is 39.1 Å². The first-order valence-corrected chi connectivity index (χ1v) is 9.33. The Morgan fingerprint density at radius 3 is 2.73 bits per heavy atom. The second-order valence-electron chi connectivity index (χ2n) is 5.32. The molecular weight excluding hydrogens is 347 g/mol. The molecule has 0 saturated carbocycles. The van der Waals surface area contributed by atoms with Crippen LogP contribution in [0.5, 0.6) is 0 Å². The number of halogens is 2. The lowest BCUT2D eigenvalue weighted by Crippen LogP contribution is -2.45. The smallest absolute Gasteiger partial charge is 0.224 e. The topological polar surface area (TPSA) is 66.5 Å². The van der Waals surface area contributed by atoms with Gasteiger partial charge >= 0.3 is 0 Å². The third-order valence-corrected chi connectivity index (χ3v) is 6.28. The highest BCUT2D eigenvalue weighted by atomic mass is 35.5. The third kappa shape index (κ3) is 4.13. The summed E-state index contributed by atoms with van der Waals surface area (Å²) in [5.41, 5.74) is 0.580. The first kappa shape index (κ1) is 17.5. The molecular formula is C14H18Cl2N2O3S. The zero-order chi connectivity index (χ0) is 16.3. The lowest BCUT2D eigenvalue weighted by Gasteiger charge is -2.31. The van der Waals surface area contributed by atoms with Crippen molar-refractivity contribution in [2.45, 2.75) is 18.6 Å². The fourth-order valence-corrected chi connectivity index (χ4v) is 4.46. The maximum absolute atomic E-state index is 12.5. The summed E-state index contributed by atoms with van der Waals surface area (Å²) in [5.74, 6) is -0.554. The van der Waals surface area contributed by atoms with Gasteiger partial charge in [-0.3, -0.25) is 4.79 Å². The maximum Gasteiger partial charge on any atom is 0.224 e. The fraction of sp³-hybridized carbons (Fsp3) is 0.500. The Kier molecular flexibility index (Phi) is 5.71. The highest BCUT2D eigenvalue weighted by Gasteiger charge is 2.32. The molecule has 1 fully saturated rings. The molecule has 1 atom stereocenters. The Balaban J connectivity index is 2.12. The molecule has 1 aliphatic heterocycles. The summed E-state index contributed by atoms with van der Waals surface area (Å²) >= 11 is 11.8.